The summed E-state index contributed by atoms with van der Waals surface area (Å²) in [6.45, 7) is 15.8. The second-order valence-electron chi connectivity index (χ2n) is 10.0. The maximum atomic E-state index is 3.60. The molecule has 1 aromatic carbocycles. The van der Waals surface area contributed by atoms with E-state index in [2.05, 4.69) is 92.5 Å². The third-order valence-corrected chi connectivity index (χ3v) is 7.96. The number of unbranched alkanes of at least 4 members (excludes halogenated alkanes) is 6. The van der Waals surface area contributed by atoms with Crippen LogP contribution >= 0.6 is 15.9 Å². The Morgan fingerprint density at radius 3 is 1.90 bits per heavy atom. The molecule has 0 bridgehead atoms. The summed E-state index contributed by atoms with van der Waals surface area (Å²) in [7, 11) is 0. The first-order valence-corrected chi connectivity index (χ1v) is 12.8. The molecule has 29 heavy (non-hydrogen) atoms. The van der Waals surface area contributed by atoms with Gasteiger partial charge in [-0.1, -0.05) is 102 Å². The zero-order valence-corrected chi connectivity index (χ0v) is 21.4. The summed E-state index contributed by atoms with van der Waals surface area (Å²) in [6.07, 6.45) is 13.3. The van der Waals surface area contributed by atoms with Gasteiger partial charge >= 0.3 is 0 Å². The van der Waals surface area contributed by atoms with Crippen LogP contribution in [-0.2, 0) is 6.54 Å². The van der Waals surface area contributed by atoms with Crippen LogP contribution in [0.5, 0.6) is 0 Å². The third kappa shape index (κ3) is 6.36. The van der Waals surface area contributed by atoms with Crippen LogP contribution in [0.4, 0.5) is 0 Å². The average Bonchev–Trinajstić information content (AvgIpc) is 3.04. The summed E-state index contributed by atoms with van der Waals surface area (Å²) >= 11 is 3.60. The van der Waals surface area contributed by atoms with Crippen molar-refractivity contribution < 1.29 is 0 Å². The van der Waals surface area contributed by atoms with Gasteiger partial charge in [0.25, 0.3) is 0 Å². The Morgan fingerprint density at radius 2 is 1.31 bits per heavy atom. The summed E-state index contributed by atoms with van der Waals surface area (Å²) in [5.41, 5.74) is 1.86. The van der Waals surface area contributed by atoms with Crippen molar-refractivity contribution in [3.05, 3.63) is 34.9 Å². The highest BCUT2D eigenvalue weighted by Gasteiger charge is 2.39. The highest BCUT2D eigenvalue weighted by molar-refractivity contribution is 9.10. The Kier molecular flexibility index (Phi) is 9.79. The molecule has 1 nitrogen and oxygen atoms in total. The smallest absolute Gasteiger partial charge is 0.0491 e. The van der Waals surface area contributed by atoms with Crippen molar-refractivity contribution in [3.63, 3.8) is 0 Å². The number of fused-ring (bicyclic) bond motifs is 1. The van der Waals surface area contributed by atoms with Gasteiger partial charge in [0.2, 0.25) is 0 Å². The first-order valence-electron chi connectivity index (χ1n) is 12.0. The quantitative estimate of drug-likeness (QED) is 0.261. The third-order valence-electron chi connectivity index (χ3n) is 7.47. The van der Waals surface area contributed by atoms with Crippen LogP contribution in [0, 0.1) is 23.2 Å². The second kappa shape index (κ2) is 11.6. The van der Waals surface area contributed by atoms with Crippen LogP contribution < -0.4 is 0 Å². The Bertz CT molecular complexity index is 703. The number of aryl methyl sites for hydroxylation is 1. The molecule has 2 heteroatoms. The summed E-state index contributed by atoms with van der Waals surface area (Å²) in [6, 6.07) is 8.79. The van der Waals surface area contributed by atoms with E-state index in [-0.39, 0.29) is 0 Å². The lowest BCUT2D eigenvalue weighted by Crippen LogP contribution is -2.38. The lowest BCUT2D eigenvalue weighted by atomic mass is 9.60. The van der Waals surface area contributed by atoms with E-state index in [0.29, 0.717) is 5.41 Å². The lowest BCUT2D eigenvalue weighted by Gasteiger charge is -2.45. The van der Waals surface area contributed by atoms with E-state index >= 15 is 0 Å². The minimum Gasteiger partial charge on any atom is -0.347 e. The van der Waals surface area contributed by atoms with Gasteiger partial charge in [0.05, 0.1) is 0 Å². The van der Waals surface area contributed by atoms with Crippen LogP contribution in [-0.4, -0.2) is 4.57 Å². The van der Waals surface area contributed by atoms with E-state index in [0.717, 1.165) is 24.3 Å². The number of hydrogen-bond acceptors (Lipinski definition) is 0. The summed E-state index contributed by atoms with van der Waals surface area (Å²) in [4.78, 5) is 0. The number of nitrogens with zero attached hydrogens (tertiary/aromatic N) is 1. The molecule has 2 rings (SSSR count). The van der Waals surface area contributed by atoms with Gasteiger partial charge in [-0.2, -0.15) is 0 Å². The lowest BCUT2D eigenvalue weighted by molar-refractivity contribution is 0.0356. The van der Waals surface area contributed by atoms with Crippen LogP contribution in [0.15, 0.2) is 34.9 Å². The number of aromatic nitrogens is 1. The van der Waals surface area contributed by atoms with Crippen molar-refractivity contribution in [1.29, 1.82) is 0 Å². The van der Waals surface area contributed by atoms with E-state index in [1.807, 2.05) is 0 Å². The minimum atomic E-state index is 0.508. The predicted molar refractivity (Wildman–Crippen MR) is 134 cm³/mol. The zero-order valence-electron chi connectivity index (χ0n) is 19.8. The van der Waals surface area contributed by atoms with Gasteiger partial charge in [-0.05, 0) is 59.6 Å². The highest BCUT2D eigenvalue weighted by Crippen LogP contribution is 2.47. The summed E-state index contributed by atoms with van der Waals surface area (Å²) < 4.78 is 3.57. The van der Waals surface area contributed by atoms with Crippen molar-refractivity contribution in [2.24, 2.45) is 23.2 Å². The molecular formula is C27H44BrN. The molecule has 0 spiro atoms. The van der Waals surface area contributed by atoms with Gasteiger partial charge in [0, 0.05) is 22.7 Å². The van der Waals surface area contributed by atoms with Crippen molar-refractivity contribution in [2.75, 3.05) is 0 Å². The molecule has 164 valence electrons. The monoisotopic (exact) mass is 461 g/mol. The van der Waals surface area contributed by atoms with Crippen molar-refractivity contribution in [2.45, 2.75) is 99.5 Å². The molecule has 0 aliphatic carbocycles. The summed E-state index contributed by atoms with van der Waals surface area (Å²) in [5, 5.41) is 1.34. The maximum Gasteiger partial charge on any atom is 0.0491 e. The van der Waals surface area contributed by atoms with Crippen molar-refractivity contribution in [3.8, 4) is 0 Å². The molecule has 0 aliphatic rings. The molecule has 0 saturated carbocycles. The van der Waals surface area contributed by atoms with Crippen LogP contribution in [0.25, 0.3) is 10.9 Å². The fourth-order valence-electron chi connectivity index (χ4n) is 5.82. The molecule has 0 unspecified atom stereocenters. The van der Waals surface area contributed by atoms with Gasteiger partial charge < -0.3 is 4.57 Å². The Balaban J connectivity index is 1.63. The number of hydrogen-bond donors (Lipinski definition) is 0. The van der Waals surface area contributed by atoms with Gasteiger partial charge in [-0.15, -0.1) is 0 Å². The van der Waals surface area contributed by atoms with E-state index in [9.17, 15) is 0 Å². The number of rotatable bonds is 13. The van der Waals surface area contributed by atoms with Gasteiger partial charge in [-0.25, -0.2) is 0 Å². The minimum absolute atomic E-state index is 0.508. The fourth-order valence-corrected chi connectivity index (χ4v) is 6.16. The highest BCUT2D eigenvalue weighted by atomic mass is 79.9. The van der Waals surface area contributed by atoms with Crippen LogP contribution in [0.1, 0.15) is 92.9 Å². The average molecular weight is 463 g/mol. The van der Waals surface area contributed by atoms with Gasteiger partial charge in [-0.3, -0.25) is 0 Å². The molecule has 0 atom stereocenters. The van der Waals surface area contributed by atoms with Gasteiger partial charge in [0.15, 0.2) is 0 Å². The standard InChI is InChI=1S/C27H44BrN/c1-21(2)27(22(3)4,23(5)6)17-12-10-8-7-9-11-13-18-29-19-16-24-14-15-25(28)20-26(24)29/h14-16,19-23H,7-13,17-18H2,1-6H3. The zero-order chi connectivity index (χ0) is 21.4. The van der Waals surface area contributed by atoms with Crippen LogP contribution in [0.2, 0.25) is 0 Å². The molecule has 0 N–H and O–H groups in total. The molecule has 0 amide bonds. The molecule has 0 saturated heterocycles. The maximum absolute atomic E-state index is 3.60. The molecule has 2 aromatic rings. The SMILES string of the molecule is CC(C)C(CCCCCCCCCn1ccc2ccc(Br)cc21)(C(C)C)C(C)C. The summed E-state index contributed by atoms with van der Waals surface area (Å²) in [5.74, 6) is 2.31. The van der Waals surface area contributed by atoms with Gasteiger partial charge in [0.1, 0.15) is 0 Å². The van der Waals surface area contributed by atoms with E-state index < -0.39 is 0 Å². The van der Waals surface area contributed by atoms with E-state index in [1.165, 1.54) is 66.7 Å². The normalized spacial score (nSPS) is 12.8. The first kappa shape index (κ1) is 24.5. The Morgan fingerprint density at radius 1 is 0.759 bits per heavy atom. The molecule has 0 radical (unpaired) electrons. The van der Waals surface area contributed by atoms with E-state index in [4.69, 9.17) is 0 Å². The van der Waals surface area contributed by atoms with Crippen molar-refractivity contribution >= 4 is 26.8 Å². The molecule has 1 aromatic heterocycles. The molecule has 1 heterocycles. The second-order valence-corrected chi connectivity index (χ2v) is 10.9. The first-order chi connectivity index (χ1) is 13.8. The molecular weight excluding hydrogens is 418 g/mol. The van der Waals surface area contributed by atoms with Crippen molar-refractivity contribution in [1.82, 2.24) is 4.57 Å². The largest absolute Gasteiger partial charge is 0.347 e. The molecule has 0 fully saturated rings. The topological polar surface area (TPSA) is 4.93 Å². The molecule has 0 aliphatic heterocycles. The fraction of sp³-hybridized carbons (Fsp3) is 0.704. The van der Waals surface area contributed by atoms with Crippen LogP contribution in [0.3, 0.4) is 0 Å². The number of benzene rings is 1. The number of halogens is 1. The van der Waals surface area contributed by atoms with E-state index in [1.54, 1.807) is 0 Å². The Hall–Kier alpha value is -0.760. The Labute approximate surface area is 188 Å². The predicted octanol–water partition coefficient (Wildman–Crippen LogP) is 9.48.